The maximum Gasteiger partial charge on any atom is 0.226 e. The van der Waals surface area contributed by atoms with Crippen LogP contribution >= 0.6 is 0 Å². The lowest BCUT2D eigenvalue weighted by Gasteiger charge is -2.27. The Bertz CT molecular complexity index is 762. The Morgan fingerprint density at radius 1 is 1.04 bits per heavy atom. The smallest absolute Gasteiger partial charge is 0.226 e. The molecule has 0 unspecified atom stereocenters. The van der Waals surface area contributed by atoms with Crippen LogP contribution in [0.3, 0.4) is 0 Å². The number of fused-ring (bicyclic) bond motifs is 1. The Labute approximate surface area is 149 Å². The van der Waals surface area contributed by atoms with Crippen molar-refractivity contribution < 1.29 is 4.74 Å². The Kier molecular flexibility index (Phi) is 4.06. The lowest BCUT2D eigenvalue weighted by atomic mass is 10.0. The van der Waals surface area contributed by atoms with E-state index in [1.54, 1.807) is 0 Å². The van der Waals surface area contributed by atoms with Crippen molar-refractivity contribution in [1.29, 1.82) is 0 Å². The van der Waals surface area contributed by atoms with Crippen molar-refractivity contribution in [3.05, 3.63) is 29.5 Å². The monoisotopic (exact) mass is 338 g/mol. The molecular formula is C20H26N4O. The van der Waals surface area contributed by atoms with Gasteiger partial charge in [-0.1, -0.05) is 6.07 Å². The molecule has 132 valence electrons. The molecule has 1 aliphatic carbocycles. The zero-order valence-electron chi connectivity index (χ0n) is 14.8. The quantitative estimate of drug-likeness (QED) is 0.857. The molecule has 5 heteroatoms. The number of aromatic nitrogens is 2. The molecule has 5 rings (SSSR count). The van der Waals surface area contributed by atoms with Crippen molar-refractivity contribution in [3.63, 3.8) is 0 Å². The van der Waals surface area contributed by atoms with Crippen LogP contribution in [0.4, 0.5) is 5.95 Å². The van der Waals surface area contributed by atoms with Gasteiger partial charge in [0.2, 0.25) is 5.95 Å². The van der Waals surface area contributed by atoms with E-state index >= 15 is 0 Å². The summed E-state index contributed by atoms with van der Waals surface area (Å²) in [6.45, 7) is 6.86. The fourth-order valence-electron chi connectivity index (χ4n) is 4.14. The van der Waals surface area contributed by atoms with Gasteiger partial charge in [-0.05, 0) is 61.9 Å². The normalized spacial score (nSPS) is 22.0. The number of likely N-dealkylation sites (tertiary alicyclic amines) is 1. The molecule has 3 aliphatic rings. The first-order valence-electron chi connectivity index (χ1n) is 9.71. The highest BCUT2D eigenvalue weighted by atomic mass is 16.5. The third-order valence-electron chi connectivity index (χ3n) is 5.68. The van der Waals surface area contributed by atoms with Crippen LogP contribution in [-0.4, -0.2) is 54.3 Å². The second-order valence-corrected chi connectivity index (χ2v) is 7.65. The predicted octanol–water partition coefficient (Wildman–Crippen LogP) is 2.94. The average Bonchev–Trinajstić information content (AvgIpc) is 3.38. The van der Waals surface area contributed by atoms with Gasteiger partial charge in [-0.3, -0.25) is 4.90 Å². The second kappa shape index (κ2) is 6.54. The molecule has 1 saturated carbocycles. The molecule has 3 fully saturated rings. The van der Waals surface area contributed by atoms with Crippen molar-refractivity contribution in [3.8, 4) is 0 Å². The van der Waals surface area contributed by atoms with E-state index in [0.717, 1.165) is 38.8 Å². The van der Waals surface area contributed by atoms with Crippen molar-refractivity contribution in [2.75, 3.05) is 44.3 Å². The molecule has 0 atom stereocenters. The van der Waals surface area contributed by atoms with Crippen LogP contribution in [0.2, 0.25) is 0 Å². The van der Waals surface area contributed by atoms with Crippen LogP contribution in [-0.2, 0) is 11.3 Å². The molecule has 2 saturated heterocycles. The minimum Gasteiger partial charge on any atom is -0.378 e. The largest absolute Gasteiger partial charge is 0.378 e. The highest BCUT2D eigenvalue weighted by molar-refractivity contribution is 5.84. The number of benzene rings is 1. The fraction of sp³-hybridized carbons (Fsp3) is 0.600. The molecule has 5 nitrogen and oxygen atoms in total. The summed E-state index contributed by atoms with van der Waals surface area (Å²) in [4.78, 5) is 14.5. The van der Waals surface area contributed by atoms with Crippen LogP contribution in [0.25, 0.3) is 10.9 Å². The summed E-state index contributed by atoms with van der Waals surface area (Å²) in [7, 11) is 0. The van der Waals surface area contributed by atoms with E-state index in [1.165, 1.54) is 60.8 Å². The summed E-state index contributed by atoms with van der Waals surface area (Å²) in [5.41, 5.74) is 4.05. The van der Waals surface area contributed by atoms with Crippen LogP contribution in [0.15, 0.2) is 18.3 Å². The zero-order chi connectivity index (χ0) is 16.6. The Hall–Kier alpha value is -1.72. The average molecular weight is 338 g/mol. The molecule has 3 heterocycles. The maximum atomic E-state index is 5.46. The van der Waals surface area contributed by atoms with E-state index in [2.05, 4.69) is 26.9 Å². The number of hydrogen-bond donors (Lipinski definition) is 0. The van der Waals surface area contributed by atoms with E-state index in [4.69, 9.17) is 9.72 Å². The number of rotatable bonds is 4. The number of anilines is 1. The van der Waals surface area contributed by atoms with Crippen LogP contribution in [0, 0.1) is 0 Å². The predicted molar refractivity (Wildman–Crippen MR) is 99.1 cm³/mol. The lowest BCUT2D eigenvalue weighted by molar-refractivity contribution is 0.122. The molecule has 0 amide bonds. The van der Waals surface area contributed by atoms with E-state index in [1.807, 2.05) is 6.20 Å². The van der Waals surface area contributed by atoms with Crippen molar-refractivity contribution in [1.82, 2.24) is 14.9 Å². The van der Waals surface area contributed by atoms with Gasteiger partial charge in [0.15, 0.2) is 0 Å². The summed E-state index contributed by atoms with van der Waals surface area (Å²) < 4.78 is 5.46. The van der Waals surface area contributed by atoms with Gasteiger partial charge in [0.05, 0.1) is 18.7 Å². The lowest BCUT2D eigenvalue weighted by Crippen LogP contribution is -2.37. The minimum atomic E-state index is 0.702. The fourth-order valence-corrected chi connectivity index (χ4v) is 4.14. The maximum absolute atomic E-state index is 5.46. The first-order valence-corrected chi connectivity index (χ1v) is 9.71. The molecule has 1 aromatic carbocycles. The highest BCUT2D eigenvalue weighted by Gasteiger charge is 2.27. The summed E-state index contributed by atoms with van der Waals surface area (Å²) in [5, 5.41) is 1.20. The Balaban J connectivity index is 1.50. The highest BCUT2D eigenvalue weighted by Crippen LogP contribution is 2.43. The van der Waals surface area contributed by atoms with Gasteiger partial charge in [0.25, 0.3) is 0 Å². The van der Waals surface area contributed by atoms with E-state index in [0.29, 0.717) is 5.92 Å². The minimum absolute atomic E-state index is 0.702. The third kappa shape index (κ3) is 3.23. The van der Waals surface area contributed by atoms with Gasteiger partial charge >= 0.3 is 0 Å². The molecule has 2 aliphatic heterocycles. The number of nitrogens with zero attached hydrogens (tertiary/aromatic N) is 4. The third-order valence-corrected chi connectivity index (χ3v) is 5.68. The molecule has 0 spiro atoms. The number of hydrogen-bond acceptors (Lipinski definition) is 5. The molecular weight excluding hydrogens is 312 g/mol. The summed E-state index contributed by atoms with van der Waals surface area (Å²) >= 11 is 0. The van der Waals surface area contributed by atoms with Gasteiger partial charge < -0.3 is 9.64 Å². The van der Waals surface area contributed by atoms with Crippen LogP contribution in [0.1, 0.15) is 42.7 Å². The van der Waals surface area contributed by atoms with Gasteiger partial charge in [-0.15, -0.1) is 0 Å². The topological polar surface area (TPSA) is 41.5 Å². The number of morpholine rings is 1. The molecule has 2 aromatic rings. The van der Waals surface area contributed by atoms with Gasteiger partial charge in [0.1, 0.15) is 0 Å². The van der Waals surface area contributed by atoms with E-state index in [-0.39, 0.29) is 0 Å². The standard InChI is InChI=1S/C20H26N4O/c1-2-6-23(5-1)14-15-11-17-13-21-20(24-7-9-25-10-8-24)22-19(17)18(12-15)16-3-4-16/h11-13,16H,1-10,14H2. The molecule has 0 bridgehead atoms. The van der Waals surface area contributed by atoms with Gasteiger partial charge in [-0.25, -0.2) is 9.97 Å². The molecule has 1 aromatic heterocycles. The number of ether oxygens (including phenoxy) is 1. The first kappa shape index (κ1) is 15.5. The molecule has 25 heavy (non-hydrogen) atoms. The van der Waals surface area contributed by atoms with Crippen molar-refractivity contribution in [2.45, 2.75) is 38.1 Å². The van der Waals surface area contributed by atoms with Crippen LogP contribution < -0.4 is 4.90 Å². The van der Waals surface area contributed by atoms with E-state index < -0.39 is 0 Å². The summed E-state index contributed by atoms with van der Waals surface area (Å²) in [6, 6.07) is 4.73. The Morgan fingerprint density at radius 2 is 1.84 bits per heavy atom. The SMILES string of the molecule is c1c(CN2CCCC2)cc2cnc(N3CCOCC3)nc2c1C1CC1. The molecule has 0 N–H and O–H groups in total. The van der Waals surface area contributed by atoms with Crippen molar-refractivity contribution >= 4 is 16.9 Å². The molecule has 0 radical (unpaired) electrons. The second-order valence-electron chi connectivity index (χ2n) is 7.65. The van der Waals surface area contributed by atoms with Gasteiger partial charge in [0, 0.05) is 31.2 Å². The van der Waals surface area contributed by atoms with Crippen molar-refractivity contribution in [2.24, 2.45) is 0 Å². The zero-order valence-corrected chi connectivity index (χ0v) is 14.8. The van der Waals surface area contributed by atoms with Gasteiger partial charge in [-0.2, -0.15) is 0 Å². The Morgan fingerprint density at radius 3 is 2.60 bits per heavy atom. The first-order chi connectivity index (χ1) is 12.4. The summed E-state index contributed by atoms with van der Waals surface area (Å²) in [6.07, 6.45) is 7.33. The van der Waals surface area contributed by atoms with Crippen LogP contribution in [0.5, 0.6) is 0 Å². The summed E-state index contributed by atoms with van der Waals surface area (Å²) in [5.74, 6) is 1.57. The van der Waals surface area contributed by atoms with E-state index in [9.17, 15) is 0 Å².